The van der Waals surface area contributed by atoms with Crippen molar-refractivity contribution in [1.82, 2.24) is 0 Å². The summed E-state index contributed by atoms with van der Waals surface area (Å²) >= 11 is 0. The zero-order chi connectivity index (χ0) is 13.1. The van der Waals surface area contributed by atoms with Crippen LogP contribution in [0.25, 0.3) is 10.4 Å². The van der Waals surface area contributed by atoms with E-state index in [0.29, 0.717) is 16.8 Å². The van der Waals surface area contributed by atoms with E-state index in [1.807, 2.05) is 0 Å². The van der Waals surface area contributed by atoms with Crippen molar-refractivity contribution < 1.29 is 9.59 Å². The number of nitrogens with one attached hydrogen (secondary N) is 1. The Labute approximate surface area is 103 Å². The maximum absolute atomic E-state index is 11.7. The molecule has 0 aliphatic carbocycles. The molecule has 1 aromatic rings. The molecule has 1 aliphatic heterocycles. The first-order valence-corrected chi connectivity index (χ1v) is 5.14. The van der Waals surface area contributed by atoms with Gasteiger partial charge in [-0.2, -0.15) is 0 Å². The molecule has 18 heavy (non-hydrogen) atoms. The number of anilines is 1. The highest BCUT2D eigenvalue weighted by atomic mass is 16.2. The average Bonchev–Trinajstić information content (AvgIpc) is 2.64. The zero-order valence-corrected chi connectivity index (χ0v) is 9.52. The predicted molar refractivity (Wildman–Crippen MR) is 65.0 cm³/mol. The van der Waals surface area contributed by atoms with Crippen molar-refractivity contribution >= 4 is 17.4 Å². The number of amides is 1. The van der Waals surface area contributed by atoms with Crippen LogP contribution in [0, 0.1) is 18.8 Å². The Morgan fingerprint density at radius 2 is 2.22 bits per heavy atom. The highest BCUT2D eigenvalue weighted by Gasteiger charge is 2.30. The Kier molecular flexibility index (Phi) is 3.00. The first-order valence-electron chi connectivity index (χ1n) is 5.14. The molecule has 1 amide bonds. The minimum Gasteiger partial charge on any atom is -0.318 e. The standard InChI is InChI=1S/C12H8N4O2/c1-7-4-5-9-10(11(17)12(18)15-9)8(7)3-2-6-14-16-13/h4-5H,6H2,1H3,(H,15,17,18). The lowest BCUT2D eigenvalue weighted by Gasteiger charge is -2.03. The van der Waals surface area contributed by atoms with Crippen LogP contribution >= 0.6 is 0 Å². The fourth-order valence-electron chi connectivity index (χ4n) is 1.70. The summed E-state index contributed by atoms with van der Waals surface area (Å²) in [5.41, 5.74) is 10.2. The van der Waals surface area contributed by atoms with E-state index in [1.165, 1.54) is 0 Å². The van der Waals surface area contributed by atoms with Crippen LogP contribution in [0.1, 0.15) is 21.5 Å². The van der Waals surface area contributed by atoms with Gasteiger partial charge in [0.15, 0.2) is 0 Å². The minimum atomic E-state index is -0.645. The number of ketones is 1. The molecule has 0 saturated heterocycles. The Bertz CT molecular complexity index is 661. The van der Waals surface area contributed by atoms with Crippen molar-refractivity contribution in [3.63, 3.8) is 0 Å². The van der Waals surface area contributed by atoms with Gasteiger partial charge in [-0.3, -0.25) is 9.59 Å². The Morgan fingerprint density at radius 3 is 2.94 bits per heavy atom. The molecule has 0 atom stereocenters. The molecule has 2 rings (SSSR count). The lowest BCUT2D eigenvalue weighted by molar-refractivity contribution is -0.112. The van der Waals surface area contributed by atoms with E-state index < -0.39 is 11.7 Å². The van der Waals surface area contributed by atoms with Crippen molar-refractivity contribution in [3.05, 3.63) is 39.3 Å². The molecule has 88 valence electrons. The Hall–Kier alpha value is -2.77. The van der Waals surface area contributed by atoms with Crippen LogP contribution in [-0.2, 0) is 4.79 Å². The zero-order valence-electron chi connectivity index (χ0n) is 9.52. The SMILES string of the molecule is Cc1ccc2c(c1C#CCN=[N+]=[N-])C(=O)C(=O)N2. The average molecular weight is 240 g/mol. The lowest BCUT2D eigenvalue weighted by Crippen LogP contribution is -2.13. The number of benzene rings is 1. The molecule has 1 aliphatic rings. The fraction of sp³-hybridized carbons (Fsp3) is 0.167. The molecule has 1 N–H and O–H groups in total. The van der Waals surface area contributed by atoms with Gasteiger partial charge in [0.2, 0.25) is 0 Å². The van der Waals surface area contributed by atoms with Gasteiger partial charge in [0.25, 0.3) is 11.7 Å². The molecule has 0 radical (unpaired) electrons. The molecule has 0 spiro atoms. The van der Waals surface area contributed by atoms with Crippen molar-refractivity contribution in [2.45, 2.75) is 6.92 Å². The van der Waals surface area contributed by atoms with E-state index in [2.05, 4.69) is 27.2 Å². The summed E-state index contributed by atoms with van der Waals surface area (Å²) in [5.74, 6) is 4.19. The first-order chi connectivity index (χ1) is 8.65. The summed E-state index contributed by atoms with van der Waals surface area (Å²) in [6.07, 6.45) is 0. The normalized spacial score (nSPS) is 12.1. The number of azide groups is 1. The number of Topliss-reactive ketones (excluding diaryl/α,β-unsaturated/α-hetero) is 1. The van der Waals surface area contributed by atoms with E-state index in [1.54, 1.807) is 19.1 Å². The van der Waals surface area contributed by atoms with Gasteiger partial charge in [-0.15, -0.1) is 0 Å². The molecule has 0 saturated carbocycles. The van der Waals surface area contributed by atoms with Crippen LogP contribution in [0.15, 0.2) is 17.2 Å². The second-order valence-electron chi connectivity index (χ2n) is 3.65. The predicted octanol–water partition coefficient (Wildman–Crippen LogP) is 1.79. The number of hydrogen-bond donors (Lipinski definition) is 1. The molecule has 0 unspecified atom stereocenters. The summed E-state index contributed by atoms with van der Waals surface area (Å²) in [5, 5.41) is 5.76. The van der Waals surface area contributed by atoms with Crippen LogP contribution in [0.5, 0.6) is 0 Å². The maximum Gasteiger partial charge on any atom is 0.296 e. The summed E-state index contributed by atoms with van der Waals surface area (Å²) < 4.78 is 0. The largest absolute Gasteiger partial charge is 0.318 e. The summed E-state index contributed by atoms with van der Waals surface area (Å²) in [7, 11) is 0. The monoisotopic (exact) mass is 240 g/mol. The molecular formula is C12H8N4O2. The van der Waals surface area contributed by atoms with E-state index in [-0.39, 0.29) is 6.54 Å². The first kappa shape index (κ1) is 11.7. The molecule has 6 nitrogen and oxygen atoms in total. The number of aryl methyl sites for hydroxylation is 1. The van der Waals surface area contributed by atoms with Gasteiger partial charge in [-0.05, 0) is 24.1 Å². The number of nitrogens with zero attached hydrogens (tertiary/aromatic N) is 3. The molecule has 1 aromatic carbocycles. The second kappa shape index (κ2) is 4.62. The summed E-state index contributed by atoms with van der Waals surface area (Å²) in [6.45, 7) is 1.82. The van der Waals surface area contributed by atoms with Gasteiger partial charge < -0.3 is 5.32 Å². The number of carbonyl (C=O) groups is 2. The molecule has 1 heterocycles. The third-order valence-electron chi connectivity index (χ3n) is 2.52. The number of carbonyl (C=O) groups excluding carboxylic acids is 2. The van der Waals surface area contributed by atoms with Gasteiger partial charge in [-0.1, -0.05) is 23.0 Å². The van der Waals surface area contributed by atoms with E-state index in [0.717, 1.165) is 5.56 Å². The highest BCUT2D eigenvalue weighted by molar-refractivity contribution is 6.52. The molecule has 6 heteroatoms. The number of hydrogen-bond acceptors (Lipinski definition) is 3. The molecule has 0 aromatic heterocycles. The van der Waals surface area contributed by atoms with Gasteiger partial charge in [0.1, 0.15) is 0 Å². The smallest absolute Gasteiger partial charge is 0.296 e. The second-order valence-corrected chi connectivity index (χ2v) is 3.65. The van der Waals surface area contributed by atoms with E-state index in [9.17, 15) is 9.59 Å². The van der Waals surface area contributed by atoms with Crippen molar-refractivity contribution in [2.75, 3.05) is 11.9 Å². The Morgan fingerprint density at radius 1 is 1.44 bits per heavy atom. The van der Waals surface area contributed by atoms with Crippen LogP contribution in [0.4, 0.5) is 5.69 Å². The van der Waals surface area contributed by atoms with E-state index >= 15 is 0 Å². The molecular weight excluding hydrogens is 232 g/mol. The molecule has 0 bridgehead atoms. The van der Waals surface area contributed by atoms with Crippen molar-refractivity contribution in [2.24, 2.45) is 5.11 Å². The van der Waals surface area contributed by atoms with Crippen LogP contribution in [-0.4, -0.2) is 18.2 Å². The third kappa shape index (κ3) is 1.90. The van der Waals surface area contributed by atoms with Crippen LogP contribution in [0.2, 0.25) is 0 Å². The quantitative estimate of drug-likeness (QED) is 0.266. The van der Waals surface area contributed by atoms with Crippen LogP contribution < -0.4 is 5.32 Å². The highest BCUT2D eigenvalue weighted by Crippen LogP contribution is 2.28. The number of rotatable bonds is 1. The van der Waals surface area contributed by atoms with Gasteiger partial charge >= 0.3 is 0 Å². The van der Waals surface area contributed by atoms with Crippen molar-refractivity contribution in [3.8, 4) is 11.8 Å². The maximum atomic E-state index is 11.7. The number of fused-ring (bicyclic) bond motifs is 1. The minimum absolute atomic E-state index is 0.0230. The lowest BCUT2D eigenvalue weighted by atomic mass is 9.99. The summed E-state index contributed by atoms with van der Waals surface area (Å²) in [4.78, 5) is 25.6. The molecule has 0 fully saturated rings. The Balaban J connectivity index is 2.50. The van der Waals surface area contributed by atoms with Crippen LogP contribution in [0.3, 0.4) is 0 Å². The van der Waals surface area contributed by atoms with Gasteiger partial charge in [0.05, 0.1) is 17.8 Å². The van der Waals surface area contributed by atoms with Crippen molar-refractivity contribution in [1.29, 1.82) is 0 Å². The van der Waals surface area contributed by atoms with E-state index in [4.69, 9.17) is 5.53 Å². The fourth-order valence-corrected chi connectivity index (χ4v) is 1.70. The van der Waals surface area contributed by atoms with Gasteiger partial charge in [-0.25, -0.2) is 0 Å². The summed E-state index contributed by atoms with van der Waals surface area (Å²) in [6, 6.07) is 3.45. The third-order valence-corrected chi connectivity index (χ3v) is 2.52. The van der Waals surface area contributed by atoms with Gasteiger partial charge in [0, 0.05) is 10.5 Å². The topological polar surface area (TPSA) is 94.9 Å².